The van der Waals surface area contributed by atoms with Gasteiger partial charge in [-0.2, -0.15) is 0 Å². The highest BCUT2D eigenvalue weighted by Crippen LogP contribution is 2.28. The van der Waals surface area contributed by atoms with Crippen LogP contribution in [0.5, 0.6) is 0 Å². The standard InChI is InChI=1S/C15H23N/c1-11(2)13-8-7-12(3)14(10-13)15-6-4-5-9-16-15/h7-8,10-11,15-16H,4-6,9H2,1-3H3. The van der Waals surface area contributed by atoms with E-state index < -0.39 is 0 Å². The van der Waals surface area contributed by atoms with Crippen LogP contribution in [-0.4, -0.2) is 6.54 Å². The Morgan fingerprint density at radius 1 is 1.25 bits per heavy atom. The van der Waals surface area contributed by atoms with Crippen LogP contribution in [0.2, 0.25) is 0 Å². The van der Waals surface area contributed by atoms with Gasteiger partial charge in [-0.3, -0.25) is 0 Å². The van der Waals surface area contributed by atoms with Crippen molar-refractivity contribution >= 4 is 0 Å². The lowest BCUT2D eigenvalue weighted by atomic mass is 9.90. The minimum absolute atomic E-state index is 0.590. The van der Waals surface area contributed by atoms with Crippen LogP contribution in [0.4, 0.5) is 0 Å². The van der Waals surface area contributed by atoms with E-state index in [0.717, 1.165) is 0 Å². The number of hydrogen-bond acceptors (Lipinski definition) is 1. The molecule has 1 aromatic carbocycles. The maximum Gasteiger partial charge on any atom is 0.0322 e. The van der Waals surface area contributed by atoms with Gasteiger partial charge in [0.25, 0.3) is 0 Å². The third-order valence-electron chi connectivity index (χ3n) is 3.66. The molecule has 1 aliphatic rings. The summed E-state index contributed by atoms with van der Waals surface area (Å²) < 4.78 is 0. The molecule has 0 aliphatic carbocycles. The van der Waals surface area contributed by atoms with Crippen LogP contribution in [-0.2, 0) is 0 Å². The molecule has 0 spiro atoms. The van der Waals surface area contributed by atoms with E-state index in [2.05, 4.69) is 44.3 Å². The van der Waals surface area contributed by atoms with Crippen molar-refractivity contribution in [3.05, 3.63) is 34.9 Å². The summed E-state index contributed by atoms with van der Waals surface area (Å²) in [5, 5.41) is 3.64. The molecule has 1 heterocycles. The highest BCUT2D eigenvalue weighted by molar-refractivity contribution is 5.35. The minimum Gasteiger partial charge on any atom is -0.310 e. The third kappa shape index (κ3) is 2.46. The summed E-state index contributed by atoms with van der Waals surface area (Å²) in [7, 11) is 0. The van der Waals surface area contributed by atoms with Crippen LogP contribution in [0.3, 0.4) is 0 Å². The molecule has 1 nitrogen and oxygen atoms in total. The Morgan fingerprint density at radius 3 is 2.69 bits per heavy atom. The van der Waals surface area contributed by atoms with Crippen molar-refractivity contribution in [3.63, 3.8) is 0 Å². The van der Waals surface area contributed by atoms with Crippen molar-refractivity contribution in [1.29, 1.82) is 0 Å². The van der Waals surface area contributed by atoms with Crippen LogP contribution >= 0.6 is 0 Å². The maximum atomic E-state index is 3.64. The van der Waals surface area contributed by atoms with E-state index in [1.54, 1.807) is 0 Å². The zero-order valence-electron chi connectivity index (χ0n) is 10.7. The first-order chi connectivity index (χ1) is 7.68. The predicted octanol–water partition coefficient (Wildman–Crippen LogP) is 3.93. The van der Waals surface area contributed by atoms with Gasteiger partial charge in [0.15, 0.2) is 0 Å². The SMILES string of the molecule is Cc1ccc(C(C)C)cc1C1CCCCN1. The summed E-state index contributed by atoms with van der Waals surface area (Å²) in [6.45, 7) is 7.94. The number of rotatable bonds is 2. The van der Waals surface area contributed by atoms with Crippen molar-refractivity contribution in [2.24, 2.45) is 0 Å². The molecule has 1 atom stereocenters. The smallest absolute Gasteiger partial charge is 0.0322 e. The normalized spacial score (nSPS) is 21.4. The van der Waals surface area contributed by atoms with E-state index in [-0.39, 0.29) is 0 Å². The summed E-state index contributed by atoms with van der Waals surface area (Å²) in [5.41, 5.74) is 4.42. The van der Waals surface area contributed by atoms with Gasteiger partial charge in [-0.1, -0.05) is 38.5 Å². The van der Waals surface area contributed by atoms with Crippen molar-refractivity contribution in [1.82, 2.24) is 5.32 Å². The fraction of sp³-hybridized carbons (Fsp3) is 0.600. The Kier molecular flexibility index (Phi) is 3.65. The number of aryl methyl sites for hydroxylation is 1. The molecule has 88 valence electrons. The molecule has 0 bridgehead atoms. The molecule has 0 aromatic heterocycles. The van der Waals surface area contributed by atoms with E-state index in [9.17, 15) is 0 Å². The predicted molar refractivity (Wildman–Crippen MR) is 69.9 cm³/mol. The van der Waals surface area contributed by atoms with Gasteiger partial charge in [0, 0.05) is 6.04 Å². The molecule has 0 radical (unpaired) electrons. The van der Waals surface area contributed by atoms with Gasteiger partial charge < -0.3 is 5.32 Å². The Balaban J connectivity index is 2.27. The van der Waals surface area contributed by atoms with Crippen molar-refractivity contribution < 1.29 is 0 Å². The molecule has 0 saturated carbocycles. The van der Waals surface area contributed by atoms with Gasteiger partial charge in [-0.15, -0.1) is 0 Å². The molecule has 16 heavy (non-hydrogen) atoms. The second-order valence-corrected chi connectivity index (χ2v) is 5.27. The molecular weight excluding hydrogens is 194 g/mol. The van der Waals surface area contributed by atoms with E-state index in [0.29, 0.717) is 12.0 Å². The number of nitrogens with one attached hydrogen (secondary N) is 1. The first kappa shape index (κ1) is 11.7. The Bertz CT molecular complexity index is 348. The van der Waals surface area contributed by atoms with Gasteiger partial charge >= 0.3 is 0 Å². The Morgan fingerprint density at radius 2 is 2.06 bits per heavy atom. The largest absolute Gasteiger partial charge is 0.310 e. The van der Waals surface area contributed by atoms with Gasteiger partial charge in [0.2, 0.25) is 0 Å². The molecule has 1 unspecified atom stereocenters. The van der Waals surface area contributed by atoms with E-state index in [4.69, 9.17) is 0 Å². The topological polar surface area (TPSA) is 12.0 Å². The highest BCUT2D eigenvalue weighted by Gasteiger charge is 2.17. The second kappa shape index (κ2) is 5.01. The van der Waals surface area contributed by atoms with E-state index in [1.165, 1.54) is 42.5 Å². The van der Waals surface area contributed by atoms with Crippen molar-refractivity contribution in [3.8, 4) is 0 Å². The van der Waals surface area contributed by atoms with Crippen LogP contribution in [0.25, 0.3) is 0 Å². The second-order valence-electron chi connectivity index (χ2n) is 5.27. The zero-order valence-corrected chi connectivity index (χ0v) is 10.7. The minimum atomic E-state index is 0.590. The zero-order chi connectivity index (χ0) is 11.5. The quantitative estimate of drug-likeness (QED) is 0.791. The molecule has 1 fully saturated rings. The Hall–Kier alpha value is -0.820. The summed E-state index contributed by atoms with van der Waals surface area (Å²) >= 11 is 0. The van der Waals surface area contributed by atoms with Gasteiger partial charge in [-0.05, 0) is 48.9 Å². The monoisotopic (exact) mass is 217 g/mol. The third-order valence-corrected chi connectivity index (χ3v) is 3.66. The van der Waals surface area contributed by atoms with Crippen molar-refractivity contribution in [2.45, 2.75) is 52.0 Å². The van der Waals surface area contributed by atoms with Gasteiger partial charge in [0.1, 0.15) is 0 Å². The molecule has 2 rings (SSSR count). The average molecular weight is 217 g/mol. The fourth-order valence-corrected chi connectivity index (χ4v) is 2.51. The Labute approximate surface area is 99.3 Å². The lowest BCUT2D eigenvalue weighted by Crippen LogP contribution is -2.27. The summed E-state index contributed by atoms with van der Waals surface area (Å²) in [6, 6.07) is 7.54. The first-order valence-corrected chi connectivity index (χ1v) is 6.52. The fourth-order valence-electron chi connectivity index (χ4n) is 2.51. The number of benzene rings is 1. The van der Waals surface area contributed by atoms with Crippen molar-refractivity contribution in [2.75, 3.05) is 6.54 Å². The molecule has 1 heteroatoms. The highest BCUT2D eigenvalue weighted by atomic mass is 14.9. The maximum absolute atomic E-state index is 3.64. The lowest BCUT2D eigenvalue weighted by Gasteiger charge is -2.26. The molecule has 1 N–H and O–H groups in total. The van der Waals surface area contributed by atoms with Gasteiger partial charge in [-0.25, -0.2) is 0 Å². The van der Waals surface area contributed by atoms with Crippen LogP contribution in [0.15, 0.2) is 18.2 Å². The van der Waals surface area contributed by atoms with E-state index in [1.807, 2.05) is 0 Å². The number of piperidine rings is 1. The molecule has 0 amide bonds. The molecule has 1 aromatic rings. The lowest BCUT2D eigenvalue weighted by molar-refractivity contribution is 0.411. The summed E-state index contributed by atoms with van der Waals surface area (Å²) in [4.78, 5) is 0. The molecule has 1 aliphatic heterocycles. The average Bonchev–Trinajstić information content (AvgIpc) is 2.30. The van der Waals surface area contributed by atoms with E-state index >= 15 is 0 Å². The van der Waals surface area contributed by atoms with Crippen LogP contribution in [0, 0.1) is 6.92 Å². The molecular formula is C15H23N. The van der Waals surface area contributed by atoms with Crippen LogP contribution in [0.1, 0.15) is 61.8 Å². The first-order valence-electron chi connectivity index (χ1n) is 6.52. The van der Waals surface area contributed by atoms with Crippen LogP contribution < -0.4 is 5.32 Å². The molecule has 1 saturated heterocycles. The summed E-state index contributed by atoms with van der Waals surface area (Å²) in [6.07, 6.45) is 3.99. The summed E-state index contributed by atoms with van der Waals surface area (Å²) in [5.74, 6) is 0.628. The van der Waals surface area contributed by atoms with Gasteiger partial charge in [0.05, 0.1) is 0 Å². The number of hydrogen-bond donors (Lipinski definition) is 1.